The SMILES string of the molecule is COc1ccc(C(=O)O/N=C2\CC3(C(=O)Nc4cccc5ccccc45)CCC2(C)C3(C)C)cc1. The average Bonchev–Trinajstić information content (AvgIpc) is 3.18. The molecule has 180 valence electrons. The first-order valence-electron chi connectivity index (χ1n) is 11.9. The summed E-state index contributed by atoms with van der Waals surface area (Å²) in [4.78, 5) is 31.9. The maximum atomic E-state index is 13.9. The van der Waals surface area contributed by atoms with Gasteiger partial charge in [0.25, 0.3) is 0 Å². The number of fused-ring (bicyclic) bond motifs is 3. The molecule has 1 amide bonds. The van der Waals surface area contributed by atoms with Gasteiger partial charge in [0, 0.05) is 22.9 Å². The molecule has 2 aliphatic carbocycles. The third-order valence-electron chi connectivity index (χ3n) is 8.77. The Labute approximate surface area is 205 Å². The van der Waals surface area contributed by atoms with Gasteiger partial charge in [-0.25, -0.2) is 4.79 Å². The Bertz CT molecular complexity index is 1340. The predicted octanol–water partition coefficient (Wildman–Crippen LogP) is 6.22. The lowest BCUT2D eigenvalue weighted by Crippen LogP contribution is -2.43. The van der Waals surface area contributed by atoms with E-state index in [0.29, 0.717) is 17.7 Å². The summed E-state index contributed by atoms with van der Waals surface area (Å²) in [5.74, 6) is 0.127. The van der Waals surface area contributed by atoms with Gasteiger partial charge in [-0.1, -0.05) is 62.3 Å². The number of benzene rings is 3. The highest BCUT2D eigenvalue weighted by Gasteiger charge is 2.71. The number of oxime groups is 1. The zero-order valence-electron chi connectivity index (χ0n) is 20.6. The van der Waals surface area contributed by atoms with Gasteiger partial charge in [-0.15, -0.1) is 0 Å². The molecule has 2 saturated carbocycles. The quantitative estimate of drug-likeness (QED) is 0.355. The largest absolute Gasteiger partial charge is 0.497 e. The molecule has 2 fully saturated rings. The average molecular weight is 471 g/mol. The molecule has 0 radical (unpaired) electrons. The first-order chi connectivity index (χ1) is 16.7. The number of ether oxygens (including phenoxy) is 1. The minimum atomic E-state index is -0.635. The smallest absolute Gasteiger partial charge is 0.365 e. The summed E-state index contributed by atoms with van der Waals surface area (Å²) in [6.07, 6.45) is 2.03. The fourth-order valence-corrected chi connectivity index (χ4v) is 5.98. The number of nitrogens with zero attached hydrogens (tertiary/aromatic N) is 1. The molecule has 0 saturated heterocycles. The minimum Gasteiger partial charge on any atom is -0.497 e. The van der Waals surface area contributed by atoms with Crippen molar-refractivity contribution in [2.45, 2.75) is 40.0 Å². The number of rotatable bonds is 5. The summed E-state index contributed by atoms with van der Waals surface area (Å²) in [5, 5.41) is 9.65. The molecule has 0 spiro atoms. The highest BCUT2D eigenvalue weighted by molar-refractivity contribution is 6.09. The Morgan fingerprint density at radius 3 is 2.37 bits per heavy atom. The molecule has 6 heteroatoms. The normalized spacial score (nSPS) is 25.5. The molecule has 3 aromatic rings. The molecule has 0 aromatic heterocycles. The van der Waals surface area contributed by atoms with E-state index in [1.54, 1.807) is 31.4 Å². The van der Waals surface area contributed by atoms with E-state index in [1.807, 2.05) is 42.5 Å². The van der Waals surface area contributed by atoms with E-state index in [-0.39, 0.29) is 16.7 Å². The topological polar surface area (TPSA) is 77.0 Å². The molecule has 0 aliphatic heterocycles. The molecular formula is C29H30N2O4. The molecule has 0 heterocycles. The number of hydrogen-bond acceptors (Lipinski definition) is 5. The van der Waals surface area contributed by atoms with E-state index in [2.05, 4.69) is 31.2 Å². The third-order valence-corrected chi connectivity index (χ3v) is 8.77. The standard InChI is InChI=1S/C29H30N2O4/c1-27(2)28(3)16-17-29(27,26(33)30-23-11-7-9-19-8-5-6-10-22(19)23)18-24(28)31-35-25(32)20-12-14-21(34-4)15-13-20/h5-15H,16-18H2,1-4H3,(H,30,33)/b31-24+. The first-order valence-corrected chi connectivity index (χ1v) is 11.9. The van der Waals surface area contributed by atoms with Crippen molar-refractivity contribution < 1.29 is 19.2 Å². The molecule has 1 N–H and O–H groups in total. The molecule has 2 bridgehead atoms. The zero-order chi connectivity index (χ0) is 24.8. The summed E-state index contributed by atoms with van der Waals surface area (Å²) in [5.41, 5.74) is 0.630. The van der Waals surface area contributed by atoms with Gasteiger partial charge in [0.15, 0.2) is 0 Å². The number of hydrogen-bond donors (Lipinski definition) is 1. The lowest BCUT2D eigenvalue weighted by molar-refractivity contribution is -0.130. The van der Waals surface area contributed by atoms with Crippen molar-refractivity contribution in [2.24, 2.45) is 21.4 Å². The van der Waals surface area contributed by atoms with E-state index < -0.39 is 11.4 Å². The highest BCUT2D eigenvalue weighted by Crippen LogP contribution is 2.71. The molecule has 2 aliphatic rings. The Kier molecular flexibility index (Phi) is 5.42. The lowest BCUT2D eigenvalue weighted by atomic mass is 9.64. The summed E-state index contributed by atoms with van der Waals surface area (Å²) < 4.78 is 5.14. The van der Waals surface area contributed by atoms with Crippen molar-refractivity contribution in [3.05, 3.63) is 72.3 Å². The van der Waals surface area contributed by atoms with Crippen molar-refractivity contribution in [2.75, 3.05) is 12.4 Å². The second kappa shape index (κ2) is 8.22. The Hall–Kier alpha value is -3.67. The van der Waals surface area contributed by atoms with Crippen molar-refractivity contribution in [1.82, 2.24) is 0 Å². The second-order valence-corrected chi connectivity index (χ2v) is 10.3. The zero-order valence-corrected chi connectivity index (χ0v) is 20.6. The number of methoxy groups -OCH3 is 1. The minimum absolute atomic E-state index is 0.00532. The maximum absolute atomic E-state index is 13.9. The van der Waals surface area contributed by atoms with Crippen LogP contribution in [0.15, 0.2) is 71.9 Å². The maximum Gasteiger partial charge on any atom is 0.365 e. The van der Waals surface area contributed by atoms with Crippen LogP contribution >= 0.6 is 0 Å². The fraction of sp³-hybridized carbons (Fsp3) is 0.345. The van der Waals surface area contributed by atoms with Gasteiger partial charge in [0.2, 0.25) is 5.91 Å². The Morgan fingerprint density at radius 2 is 1.63 bits per heavy atom. The summed E-state index contributed by atoms with van der Waals surface area (Å²) in [6.45, 7) is 6.40. The van der Waals surface area contributed by atoms with Crippen LogP contribution in [0.25, 0.3) is 10.8 Å². The number of carbonyl (C=O) groups is 2. The van der Waals surface area contributed by atoms with Crippen LogP contribution in [0.3, 0.4) is 0 Å². The van der Waals surface area contributed by atoms with Gasteiger partial charge in [0.05, 0.1) is 23.8 Å². The van der Waals surface area contributed by atoms with Gasteiger partial charge in [-0.3, -0.25) is 4.79 Å². The molecule has 2 unspecified atom stereocenters. The molecular weight excluding hydrogens is 440 g/mol. The van der Waals surface area contributed by atoms with Crippen molar-refractivity contribution in [1.29, 1.82) is 0 Å². The predicted molar refractivity (Wildman–Crippen MR) is 137 cm³/mol. The molecule has 6 nitrogen and oxygen atoms in total. The van der Waals surface area contributed by atoms with Crippen LogP contribution in [0.2, 0.25) is 0 Å². The van der Waals surface area contributed by atoms with Crippen LogP contribution in [0.4, 0.5) is 5.69 Å². The van der Waals surface area contributed by atoms with Crippen LogP contribution in [0, 0.1) is 16.2 Å². The molecule has 35 heavy (non-hydrogen) atoms. The number of amides is 1. The van der Waals surface area contributed by atoms with Crippen molar-refractivity contribution in [3.63, 3.8) is 0 Å². The third kappa shape index (κ3) is 3.42. The van der Waals surface area contributed by atoms with E-state index in [4.69, 9.17) is 9.57 Å². The first kappa shape index (κ1) is 23.1. The van der Waals surface area contributed by atoms with Gasteiger partial charge in [-0.05, 0) is 54.0 Å². The molecule has 2 atom stereocenters. The van der Waals surface area contributed by atoms with E-state index in [9.17, 15) is 9.59 Å². The van der Waals surface area contributed by atoms with Gasteiger partial charge in [-0.2, -0.15) is 0 Å². The van der Waals surface area contributed by atoms with Crippen LogP contribution in [-0.4, -0.2) is 24.7 Å². The van der Waals surface area contributed by atoms with Gasteiger partial charge >= 0.3 is 5.97 Å². The van der Waals surface area contributed by atoms with Crippen molar-refractivity contribution >= 4 is 34.0 Å². The molecule has 5 rings (SSSR count). The van der Waals surface area contributed by atoms with Crippen LogP contribution in [0.1, 0.15) is 50.4 Å². The van der Waals surface area contributed by atoms with E-state index >= 15 is 0 Å². The van der Waals surface area contributed by atoms with Crippen LogP contribution in [-0.2, 0) is 9.63 Å². The second-order valence-electron chi connectivity index (χ2n) is 10.3. The number of nitrogens with one attached hydrogen (secondary N) is 1. The van der Waals surface area contributed by atoms with Crippen LogP contribution in [0.5, 0.6) is 5.75 Å². The lowest BCUT2D eigenvalue weighted by Gasteiger charge is -2.39. The number of anilines is 1. The van der Waals surface area contributed by atoms with Gasteiger partial charge < -0.3 is 14.9 Å². The highest BCUT2D eigenvalue weighted by atomic mass is 16.7. The van der Waals surface area contributed by atoms with Gasteiger partial charge in [0.1, 0.15) is 5.75 Å². The molecule has 3 aromatic carbocycles. The summed E-state index contributed by atoms with van der Waals surface area (Å²) in [7, 11) is 1.57. The van der Waals surface area contributed by atoms with Crippen LogP contribution < -0.4 is 10.1 Å². The monoisotopic (exact) mass is 470 g/mol. The summed E-state index contributed by atoms with van der Waals surface area (Å²) in [6, 6.07) is 20.7. The fourth-order valence-electron chi connectivity index (χ4n) is 5.98. The van der Waals surface area contributed by atoms with E-state index in [0.717, 1.165) is 35.0 Å². The Balaban J connectivity index is 1.41. The van der Waals surface area contributed by atoms with E-state index in [1.165, 1.54) is 0 Å². The number of carbonyl (C=O) groups excluding carboxylic acids is 2. The summed E-state index contributed by atoms with van der Waals surface area (Å²) >= 11 is 0. The Morgan fingerprint density at radius 1 is 0.914 bits per heavy atom. The van der Waals surface area contributed by atoms with Crippen molar-refractivity contribution in [3.8, 4) is 5.75 Å².